The molecule has 15 heteroatoms. The molecule has 0 radical (unpaired) electrons. The molecule has 6 unspecified atom stereocenters. The van der Waals surface area contributed by atoms with Crippen LogP contribution in [0.5, 0.6) is 0 Å². The molecular formula is C17H29N5O10. The number of aliphatic hydroxyl groups excluding tert-OH is 2. The average Bonchev–Trinajstić information content (AvgIpc) is 2.65. The number of amides is 4. The van der Waals surface area contributed by atoms with Gasteiger partial charge in [0, 0.05) is 6.42 Å². The highest BCUT2D eigenvalue weighted by atomic mass is 16.4. The molecule has 0 fully saturated rings. The Kier molecular flexibility index (Phi) is 11.8. The van der Waals surface area contributed by atoms with E-state index in [1.165, 1.54) is 0 Å². The van der Waals surface area contributed by atoms with Crippen molar-refractivity contribution in [2.45, 2.75) is 69.5 Å². The van der Waals surface area contributed by atoms with Gasteiger partial charge in [0.2, 0.25) is 23.6 Å². The van der Waals surface area contributed by atoms with Gasteiger partial charge in [-0.3, -0.25) is 24.0 Å². The number of rotatable bonds is 14. The van der Waals surface area contributed by atoms with Crippen LogP contribution < -0.4 is 27.4 Å². The third kappa shape index (κ3) is 10.1. The highest BCUT2D eigenvalue weighted by Gasteiger charge is 2.34. The van der Waals surface area contributed by atoms with Gasteiger partial charge in [-0.2, -0.15) is 0 Å². The average molecular weight is 463 g/mol. The van der Waals surface area contributed by atoms with Gasteiger partial charge in [-0.1, -0.05) is 0 Å². The van der Waals surface area contributed by atoms with Crippen LogP contribution in [0.3, 0.4) is 0 Å². The lowest BCUT2D eigenvalue weighted by Crippen LogP contribution is -2.61. The van der Waals surface area contributed by atoms with E-state index in [9.17, 15) is 39.0 Å². The Hall–Kier alpha value is -3.30. The summed E-state index contributed by atoms with van der Waals surface area (Å²) in [4.78, 5) is 70.0. The molecule has 0 aliphatic carbocycles. The van der Waals surface area contributed by atoms with Gasteiger partial charge in [0.25, 0.3) is 0 Å². The Balaban J connectivity index is 5.49. The second kappa shape index (κ2) is 13.2. The number of hydrogen-bond acceptors (Lipinski definition) is 9. The fourth-order valence-corrected chi connectivity index (χ4v) is 2.42. The van der Waals surface area contributed by atoms with Gasteiger partial charge in [-0.05, 0) is 20.3 Å². The zero-order valence-electron chi connectivity index (χ0n) is 17.5. The number of nitrogens with one attached hydrogen (secondary N) is 3. The minimum Gasteiger partial charge on any atom is -0.481 e. The molecule has 6 atom stereocenters. The van der Waals surface area contributed by atoms with E-state index in [4.69, 9.17) is 21.7 Å². The van der Waals surface area contributed by atoms with Crippen LogP contribution in [0.1, 0.15) is 33.1 Å². The molecule has 0 saturated carbocycles. The van der Waals surface area contributed by atoms with Gasteiger partial charge in [0.15, 0.2) is 6.04 Å². The van der Waals surface area contributed by atoms with Crippen molar-refractivity contribution in [1.29, 1.82) is 0 Å². The van der Waals surface area contributed by atoms with Crippen LogP contribution >= 0.6 is 0 Å². The van der Waals surface area contributed by atoms with E-state index in [0.29, 0.717) is 0 Å². The fraction of sp³-hybridized carbons (Fsp3) is 0.647. The van der Waals surface area contributed by atoms with Crippen molar-refractivity contribution in [2.75, 3.05) is 0 Å². The number of primary amides is 1. The maximum Gasteiger partial charge on any atom is 0.328 e. The van der Waals surface area contributed by atoms with Gasteiger partial charge in [-0.15, -0.1) is 0 Å². The van der Waals surface area contributed by atoms with E-state index in [0.717, 1.165) is 13.8 Å². The van der Waals surface area contributed by atoms with Crippen molar-refractivity contribution in [3.63, 3.8) is 0 Å². The number of hydrogen-bond donors (Lipinski definition) is 9. The van der Waals surface area contributed by atoms with Gasteiger partial charge in [0.05, 0.1) is 24.7 Å². The molecule has 0 aromatic carbocycles. The van der Waals surface area contributed by atoms with Crippen LogP contribution in [0.4, 0.5) is 0 Å². The van der Waals surface area contributed by atoms with Gasteiger partial charge in [0.1, 0.15) is 12.1 Å². The highest BCUT2D eigenvalue weighted by molar-refractivity contribution is 5.95. The Morgan fingerprint density at radius 3 is 1.72 bits per heavy atom. The SMILES string of the molecule is CC(O)C(NC(=O)C(NC(=O)C(CCC(=O)O)NC(=O)C(N)CC(N)=O)C(C)O)C(=O)O. The molecule has 15 nitrogen and oxygen atoms in total. The van der Waals surface area contributed by atoms with E-state index in [2.05, 4.69) is 10.6 Å². The number of carbonyl (C=O) groups excluding carboxylic acids is 4. The molecule has 0 aliphatic rings. The summed E-state index contributed by atoms with van der Waals surface area (Å²) in [5.41, 5.74) is 10.4. The normalized spacial score (nSPS) is 16.4. The summed E-state index contributed by atoms with van der Waals surface area (Å²) >= 11 is 0. The lowest BCUT2D eigenvalue weighted by atomic mass is 10.1. The van der Waals surface area contributed by atoms with Crippen LogP contribution in [0.25, 0.3) is 0 Å². The number of aliphatic hydroxyl groups is 2. The van der Waals surface area contributed by atoms with Gasteiger partial charge < -0.3 is 47.8 Å². The maximum atomic E-state index is 12.6. The first-order chi connectivity index (χ1) is 14.7. The summed E-state index contributed by atoms with van der Waals surface area (Å²) in [7, 11) is 0. The largest absolute Gasteiger partial charge is 0.481 e. The van der Waals surface area contributed by atoms with E-state index < -0.39 is 91.2 Å². The van der Waals surface area contributed by atoms with E-state index in [-0.39, 0.29) is 0 Å². The third-order valence-corrected chi connectivity index (χ3v) is 4.15. The lowest BCUT2D eigenvalue weighted by molar-refractivity contribution is -0.146. The smallest absolute Gasteiger partial charge is 0.328 e. The van der Waals surface area contributed by atoms with Crippen LogP contribution in [-0.2, 0) is 28.8 Å². The molecular weight excluding hydrogens is 434 g/mol. The van der Waals surface area contributed by atoms with E-state index in [1.807, 2.05) is 5.32 Å². The van der Waals surface area contributed by atoms with Crippen molar-refractivity contribution in [1.82, 2.24) is 16.0 Å². The minimum absolute atomic E-state index is 0.435. The molecule has 182 valence electrons. The van der Waals surface area contributed by atoms with Crippen molar-refractivity contribution in [3.05, 3.63) is 0 Å². The zero-order chi connectivity index (χ0) is 25.2. The quantitative estimate of drug-likeness (QED) is 0.118. The Bertz CT molecular complexity index is 727. The molecule has 4 amide bonds. The number of carbonyl (C=O) groups is 6. The molecule has 0 bridgehead atoms. The summed E-state index contributed by atoms with van der Waals surface area (Å²) < 4.78 is 0. The monoisotopic (exact) mass is 463 g/mol. The minimum atomic E-state index is -1.74. The second-order valence-electron chi connectivity index (χ2n) is 7.06. The first-order valence-electron chi connectivity index (χ1n) is 9.43. The third-order valence-electron chi connectivity index (χ3n) is 4.15. The molecule has 0 aromatic heterocycles. The summed E-state index contributed by atoms with van der Waals surface area (Å²) in [6.07, 6.45) is -4.60. The zero-order valence-corrected chi connectivity index (χ0v) is 17.5. The van der Waals surface area contributed by atoms with Crippen molar-refractivity contribution >= 4 is 35.6 Å². The summed E-state index contributed by atoms with van der Waals surface area (Å²) in [6, 6.07) is -6.41. The van der Waals surface area contributed by atoms with Crippen molar-refractivity contribution < 1.29 is 49.2 Å². The Labute approximate surface area is 182 Å². The van der Waals surface area contributed by atoms with Gasteiger partial charge >= 0.3 is 11.9 Å². The summed E-state index contributed by atoms with van der Waals surface area (Å²) in [5.74, 6) is -7.00. The molecule has 0 saturated heterocycles. The van der Waals surface area contributed by atoms with Crippen LogP contribution in [0, 0.1) is 0 Å². The topological polar surface area (TPSA) is 271 Å². The number of carboxylic acid groups (broad SMARTS) is 2. The molecule has 0 heterocycles. The van der Waals surface area contributed by atoms with Crippen molar-refractivity contribution in [3.8, 4) is 0 Å². The molecule has 0 rings (SSSR count). The molecule has 32 heavy (non-hydrogen) atoms. The predicted octanol–water partition coefficient (Wildman–Crippen LogP) is -4.65. The first kappa shape index (κ1) is 28.7. The molecule has 0 aromatic rings. The van der Waals surface area contributed by atoms with Crippen LogP contribution in [0.2, 0.25) is 0 Å². The van der Waals surface area contributed by atoms with Crippen molar-refractivity contribution in [2.24, 2.45) is 11.5 Å². The highest BCUT2D eigenvalue weighted by Crippen LogP contribution is 2.04. The summed E-state index contributed by atoms with van der Waals surface area (Å²) in [6.45, 7) is 2.21. The van der Waals surface area contributed by atoms with E-state index >= 15 is 0 Å². The Morgan fingerprint density at radius 1 is 0.812 bits per heavy atom. The standard InChI is InChI=1S/C17H29N5O10/c1-6(23)12(16(30)22-13(7(2)24)17(31)32)21-15(29)9(3-4-11(26)27)20-14(28)8(18)5-10(19)25/h6-9,12-13,23-24H,3-5,18H2,1-2H3,(H2,19,25)(H,20,28)(H,21,29)(H,22,30)(H,26,27)(H,31,32). The first-order valence-corrected chi connectivity index (χ1v) is 9.43. The number of nitrogens with two attached hydrogens (primary N) is 2. The lowest BCUT2D eigenvalue weighted by Gasteiger charge is -2.26. The predicted molar refractivity (Wildman–Crippen MR) is 105 cm³/mol. The fourth-order valence-electron chi connectivity index (χ4n) is 2.42. The number of carboxylic acids is 2. The van der Waals surface area contributed by atoms with Gasteiger partial charge in [-0.25, -0.2) is 4.79 Å². The van der Waals surface area contributed by atoms with Crippen LogP contribution in [-0.4, -0.2) is 92.4 Å². The van der Waals surface area contributed by atoms with Crippen LogP contribution in [0.15, 0.2) is 0 Å². The molecule has 0 spiro atoms. The van der Waals surface area contributed by atoms with E-state index in [1.54, 1.807) is 0 Å². The number of aliphatic carboxylic acids is 2. The molecule has 11 N–H and O–H groups in total. The maximum absolute atomic E-state index is 12.6. The summed E-state index contributed by atoms with van der Waals surface area (Å²) in [5, 5.41) is 43.4. The molecule has 0 aliphatic heterocycles. The second-order valence-corrected chi connectivity index (χ2v) is 7.06. The Morgan fingerprint density at radius 2 is 1.31 bits per heavy atom.